The van der Waals surface area contributed by atoms with Crippen LogP contribution in [-0.4, -0.2) is 47.0 Å². The van der Waals surface area contributed by atoms with E-state index in [4.69, 9.17) is 9.97 Å². The topological polar surface area (TPSA) is 49.3 Å². The average molecular weight is 359 g/mol. The molecule has 0 bridgehead atoms. The number of likely N-dealkylation sites (tertiary alicyclic amines) is 1. The van der Waals surface area contributed by atoms with Gasteiger partial charge >= 0.3 is 0 Å². The minimum Gasteiger partial charge on any atom is -0.355 e. The smallest absolute Gasteiger partial charge is 0.225 e. The van der Waals surface area contributed by atoms with Crippen LogP contribution in [0.4, 0.5) is 5.82 Å². The predicted molar refractivity (Wildman–Crippen MR) is 105 cm³/mol. The maximum atomic E-state index is 12.1. The lowest BCUT2D eigenvalue weighted by molar-refractivity contribution is -0.135. The Hall–Kier alpha value is -1.65. The van der Waals surface area contributed by atoms with Crippen LogP contribution in [-0.2, 0) is 4.79 Å². The van der Waals surface area contributed by atoms with E-state index in [-0.39, 0.29) is 11.8 Å². The average Bonchev–Trinajstić information content (AvgIpc) is 2.67. The van der Waals surface area contributed by atoms with Crippen LogP contribution in [0.2, 0.25) is 0 Å². The lowest BCUT2D eigenvalue weighted by Crippen LogP contribution is -2.40. The van der Waals surface area contributed by atoms with Crippen molar-refractivity contribution in [2.75, 3.05) is 31.1 Å². The zero-order chi connectivity index (χ0) is 18.7. The number of aromatic nitrogens is 2. The molecule has 3 heterocycles. The molecule has 1 aromatic rings. The standard InChI is InChI=1S/C21H34N4O/c1-15(2)17-5-9-24(10-6-17)20-14-22-19(13-23-20)18-7-11-25(12-8-18)21(26)16(3)4/h13-18H,5-12H2,1-4H3. The van der Waals surface area contributed by atoms with E-state index in [0.29, 0.717) is 5.92 Å². The number of hydrogen-bond donors (Lipinski definition) is 0. The van der Waals surface area contributed by atoms with Gasteiger partial charge in [-0.3, -0.25) is 9.78 Å². The van der Waals surface area contributed by atoms with Gasteiger partial charge in [0.15, 0.2) is 0 Å². The number of rotatable bonds is 4. The Bertz CT molecular complexity index is 583. The summed E-state index contributed by atoms with van der Waals surface area (Å²) in [6.07, 6.45) is 8.41. The van der Waals surface area contributed by atoms with Gasteiger partial charge in [-0.25, -0.2) is 4.98 Å². The first-order chi connectivity index (χ1) is 12.5. The second-order valence-corrected chi connectivity index (χ2v) is 8.62. The lowest BCUT2D eigenvalue weighted by atomic mass is 9.87. The second kappa shape index (κ2) is 8.36. The first-order valence-corrected chi connectivity index (χ1v) is 10.3. The highest BCUT2D eigenvalue weighted by Crippen LogP contribution is 2.29. The number of nitrogens with zero attached hydrogens (tertiary/aromatic N) is 4. The van der Waals surface area contributed by atoms with E-state index in [9.17, 15) is 4.79 Å². The molecule has 0 aromatic carbocycles. The van der Waals surface area contributed by atoms with Gasteiger partial charge in [0.1, 0.15) is 5.82 Å². The van der Waals surface area contributed by atoms with Gasteiger partial charge in [0.05, 0.1) is 18.1 Å². The zero-order valence-electron chi connectivity index (χ0n) is 16.8. The maximum absolute atomic E-state index is 12.1. The summed E-state index contributed by atoms with van der Waals surface area (Å²) in [7, 11) is 0. The fraction of sp³-hybridized carbons (Fsp3) is 0.762. The van der Waals surface area contributed by atoms with Crippen molar-refractivity contribution in [1.29, 1.82) is 0 Å². The van der Waals surface area contributed by atoms with E-state index in [1.54, 1.807) is 0 Å². The molecule has 26 heavy (non-hydrogen) atoms. The number of hydrogen-bond acceptors (Lipinski definition) is 4. The summed E-state index contributed by atoms with van der Waals surface area (Å²) < 4.78 is 0. The van der Waals surface area contributed by atoms with Crippen LogP contribution >= 0.6 is 0 Å². The van der Waals surface area contributed by atoms with Crippen LogP contribution in [0.15, 0.2) is 12.4 Å². The minimum absolute atomic E-state index is 0.0884. The molecule has 2 fully saturated rings. The highest BCUT2D eigenvalue weighted by atomic mass is 16.2. The van der Waals surface area contributed by atoms with E-state index in [0.717, 1.165) is 62.4 Å². The third-order valence-electron chi connectivity index (χ3n) is 6.18. The molecule has 1 aromatic heterocycles. The highest BCUT2D eigenvalue weighted by molar-refractivity contribution is 5.78. The molecule has 0 radical (unpaired) electrons. The molecule has 2 aliphatic rings. The third-order valence-corrected chi connectivity index (χ3v) is 6.18. The van der Waals surface area contributed by atoms with Crippen LogP contribution in [0.3, 0.4) is 0 Å². The van der Waals surface area contributed by atoms with Gasteiger partial charge in [0.25, 0.3) is 0 Å². The molecule has 3 rings (SSSR count). The molecule has 144 valence electrons. The van der Waals surface area contributed by atoms with Gasteiger partial charge in [-0.05, 0) is 37.5 Å². The first-order valence-electron chi connectivity index (χ1n) is 10.3. The van der Waals surface area contributed by atoms with Crippen molar-refractivity contribution >= 4 is 11.7 Å². The molecule has 1 amide bonds. The predicted octanol–water partition coefficient (Wildman–Crippen LogP) is 3.71. The number of amides is 1. The Kier molecular flexibility index (Phi) is 6.15. The molecule has 0 unspecified atom stereocenters. The van der Waals surface area contributed by atoms with Crippen molar-refractivity contribution < 1.29 is 4.79 Å². The van der Waals surface area contributed by atoms with Crippen molar-refractivity contribution in [3.05, 3.63) is 18.1 Å². The van der Waals surface area contributed by atoms with E-state index in [1.165, 1.54) is 12.8 Å². The first kappa shape index (κ1) is 19.1. The van der Waals surface area contributed by atoms with Crippen LogP contribution in [0.1, 0.15) is 65.0 Å². The molecule has 0 saturated carbocycles. The zero-order valence-corrected chi connectivity index (χ0v) is 16.8. The van der Waals surface area contributed by atoms with Crippen LogP contribution < -0.4 is 4.90 Å². The molecular formula is C21H34N4O. The lowest BCUT2D eigenvalue weighted by Gasteiger charge is -2.35. The number of piperidine rings is 2. The number of anilines is 1. The quantitative estimate of drug-likeness (QED) is 0.823. The fourth-order valence-electron chi connectivity index (χ4n) is 4.26. The minimum atomic E-state index is 0.0884. The van der Waals surface area contributed by atoms with Crippen molar-refractivity contribution in [3.8, 4) is 0 Å². The van der Waals surface area contributed by atoms with Crippen LogP contribution in [0, 0.1) is 17.8 Å². The van der Waals surface area contributed by atoms with E-state index >= 15 is 0 Å². The monoisotopic (exact) mass is 358 g/mol. The van der Waals surface area contributed by atoms with E-state index in [2.05, 4.69) is 18.7 Å². The molecule has 0 N–H and O–H groups in total. The van der Waals surface area contributed by atoms with Crippen LogP contribution in [0.5, 0.6) is 0 Å². The summed E-state index contributed by atoms with van der Waals surface area (Å²) in [6, 6.07) is 0. The van der Waals surface area contributed by atoms with E-state index in [1.807, 2.05) is 31.1 Å². The number of carbonyl (C=O) groups excluding carboxylic acids is 1. The summed E-state index contributed by atoms with van der Waals surface area (Å²) >= 11 is 0. The molecule has 0 spiro atoms. The summed E-state index contributed by atoms with van der Waals surface area (Å²) in [5.41, 5.74) is 1.09. The Balaban J connectivity index is 1.53. The Labute approximate surface area is 158 Å². The summed E-state index contributed by atoms with van der Waals surface area (Å²) in [6.45, 7) is 12.5. The van der Waals surface area contributed by atoms with Gasteiger partial charge in [-0.15, -0.1) is 0 Å². The molecule has 0 aliphatic carbocycles. The molecule has 0 atom stereocenters. The van der Waals surface area contributed by atoms with Crippen LogP contribution in [0.25, 0.3) is 0 Å². The normalized spacial score (nSPS) is 20.2. The Morgan fingerprint density at radius 2 is 1.62 bits per heavy atom. The Morgan fingerprint density at radius 3 is 2.12 bits per heavy atom. The maximum Gasteiger partial charge on any atom is 0.225 e. The van der Waals surface area contributed by atoms with Crippen molar-refractivity contribution in [2.45, 2.75) is 59.3 Å². The molecular weight excluding hydrogens is 324 g/mol. The van der Waals surface area contributed by atoms with Crippen molar-refractivity contribution in [3.63, 3.8) is 0 Å². The molecule has 5 nitrogen and oxygen atoms in total. The third kappa shape index (κ3) is 4.36. The van der Waals surface area contributed by atoms with Gasteiger partial charge < -0.3 is 9.80 Å². The summed E-state index contributed by atoms with van der Waals surface area (Å²) in [5, 5.41) is 0. The van der Waals surface area contributed by atoms with Crippen molar-refractivity contribution in [1.82, 2.24) is 14.9 Å². The second-order valence-electron chi connectivity index (χ2n) is 8.62. The SMILES string of the molecule is CC(C)C(=O)N1CCC(c2cnc(N3CCC(C(C)C)CC3)cn2)CC1. The molecule has 2 saturated heterocycles. The van der Waals surface area contributed by atoms with E-state index < -0.39 is 0 Å². The Morgan fingerprint density at radius 1 is 0.962 bits per heavy atom. The molecule has 5 heteroatoms. The fourth-order valence-corrected chi connectivity index (χ4v) is 4.26. The highest BCUT2D eigenvalue weighted by Gasteiger charge is 2.27. The van der Waals surface area contributed by atoms with Gasteiger partial charge in [0, 0.05) is 38.0 Å². The number of carbonyl (C=O) groups is 1. The van der Waals surface area contributed by atoms with Gasteiger partial charge in [-0.1, -0.05) is 27.7 Å². The van der Waals surface area contributed by atoms with Crippen molar-refractivity contribution in [2.24, 2.45) is 17.8 Å². The summed E-state index contributed by atoms with van der Waals surface area (Å²) in [5.74, 6) is 3.43. The van der Waals surface area contributed by atoms with Gasteiger partial charge in [0.2, 0.25) is 5.91 Å². The summed E-state index contributed by atoms with van der Waals surface area (Å²) in [4.78, 5) is 25.9. The molecule has 2 aliphatic heterocycles. The largest absolute Gasteiger partial charge is 0.355 e. The van der Waals surface area contributed by atoms with Gasteiger partial charge in [-0.2, -0.15) is 0 Å².